The lowest BCUT2D eigenvalue weighted by Gasteiger charge is -2.00. The molecule has 0 aliphatic rings. The second kappa shape index (κ2) is 4.65. The molecule has 0 fully saturated rings. The molecule has 1 N–H and O–H groups in total. The zero-order valence-corrected chi connectivity index (χ0v) is 5.29. The fraction of sp³-hybridized carbons (Fsp3) is 0.667. The molecule has 0 spiro atoms. The molecule has 0 aliphatic carbocycles. The lowest BCUT2D eigenvalue weighted by molar-refractivity contribution is -0.0351. The molecule has 0 rings (SSSR count). The summed E-state index contributed by atoms with van der Waals surface area (Å²) in [6.45, 7) is 3.57. The fourth-order valence-corrected chi connectivity index (χ4v) is 0.265. The quantitative estimate of drug-likeness (QED) is 0.444. The van der Waals surface area contributed by atoms with Gasteiger partial charge in [-0.1, -0.05) is 6.92 Å². The van der Waals surface area contributed by atoms with Gasteiger partial charge in [-0.2, -0.15) is 0 Å². The summed E-state index contributed by atoms with van der Waals surface area (Å²) >= 11 is 0. The van der Waals surface area contributed by atoms with Gasteiger partial charge in [0.1, 0.15) is 0 Å². The lowest BCUT2D eigenvalue weighted by Crippen LogP contribution is -1.99. The first-order valence-corrected chi connectivity index (χ1v) is 2.76. The molecule has 0 amide bonds. The first-order valence-electron chi connectivity index (χ1n) is 2.76. The smallest absolute Gasteiger partial charge is 0.193 e. The van der Waals surface area contributed by atoms with E-state index in [-0.39, 0.29) is 0 Å². The third kappa shape index (κ3) is 5.50. The van der Waals surface area contributed by atoms with Crippen molar-refractivity contribution in [3.63, 3.8) is 0 Å². The Bertz CT molecular complexity index is 66.9. The number of aliphatic hydroxyl groups excluding tert-OH is 1. The molecule has 0 aliphatic heterocycles. The van der Waals surface area contributed by atoms with Crippen LogP contribution < -0.4 is 0 Å². The van der Waals surface area contributed by atoms with Crippen molar-refractivity contribution in [3.05, 3.63) is 12.3 Å². The Morgan fingerprint density at radius 1 is 1.75 bits per heavy atom. The molecule has 2 heteroatoms. The normalized spacial score (nSPS) is 14.4. The van der Waals surface area contributed by atoms with Gasteiger partial charge in [0.2, 0.25) is 0 Å². The molecule has 8 heavy (non-hydrogen) atoms. The number of allylic oxidation sites excluding steroid dienone is 1. The fourth-order valence-electron chi connectivity index (χ4n) is 0.265. The standard InChI is InChI=1S/C6H12O2/c1-3-4-5-8-6(2)7/h4-7H,3H2,1-2H3/b5-4+. The van der Waals surface area contributed by atoms with Crippen LogP contribution in [0.4, 0.5) is 0 Å². The van der Waals surface area contributed by atoms with Gasteiger partial charge in [0.25, 0.3) is 0 Å². The second-order valence-corrected chi connectivity index (χ2v) is 1.52. The van der Waals surface area contributed by atoms with Gasteiger partial charge in [-0.3, -0.25) is 0 Å². The Morgan fingerprint density at radius 3 is 2.75 bits per heavy atom. The van der Waals surface area contributed by atoms with E-state index in [4.69, 9.17) is 5.11 Å². The van der Waals surface area contributed by atoms with Crippen LogP contribution >= 0.6 is 0 Å². The Hall–Kier alpha value is -0.500. The van der Waals surface area contributed by atoms with Gasteiger partial charge in [0, 0.05) is 0 Å². The van der Waals surface area contributed by atoms with Crippen LogP contribution in [0.5, 0.6) is 0 Å². The van der Waals surface area contributed by atoms with Gasteiger partial charge in [-0.15, -0.1) is 0 Å². The van der Waals surface area contributed by atoms with E-state index in [2.05, 4.69) is 4.74 Å². The monoisotopic (exact) mass is 116 g/mol. The zero-order chi connectivity index (χ0) is 6.41. The van der Waals surface area contributed by atoms with Crippen molar-refractivity contribution in [1.82, 2.24) is 0 Å². The Kier molecular flexibility index (Phi) is 4.36. The second-order valence-electron chi connectivity index (χ2n) is 1.52. The SMILES string of the molecule is CC/C=C/OC(C)O. The Labute approximate surface area is 49.8 Å². The molecule has 1 atom stereocenters. The van der Waals surface area contributed by atoms with Crippen molar-refractivity contribution >= 4 is 0 Å². The maximum Gasteiger partial charge on any atom is 0.193 e. The topological polar surface area (TPSA) is 29.5 Å². The van der Waals surface area contributed by atoms with Crippen molar-refractivity contribution in [2.24, 2.45) is 0 Å². The lowest BCUT2D eigenvalue weighted by atomic mass is 10.5. The molecular weight excluding hydrogens is 104 g/mol. The largest absolute Gasteiger partial charge is 0.473 e. The van der Waals surface area contributed by atoms with Crippen LogP contribution in [0.25, 0.3) is 0 Å². The van der Waals surface area contributed by atoms with Crippen LogP contribution in [0.1, 0.15) is 20.3 Å². The molecule has 48 valence electrons. The summed E-state index contributed by atoms with van der Waals surface area (Å²) < 4.78 is 4.66. The van der Waals surface area contributed by atoms with E-state index in [1.807, 2.05) is 13.0 Å². The number of hydrogen-bond donors (Lipinski definition) is 1. The van der Waals surface area contributed by atoms with Crippen molar-refractivity contribution < 1.29 is 9.84 Å². The van der Waals surface area contributed by atoms with E-state index in [1.54, 1.807) is 6.92 Å². The van der Waals surface area contributed by atoms with Crippen LogP contribution in [-0.4, -0.2) is 11.4 Å². The van der Waals surface area contributed by atoms with Gasteiger partial charge < -0.3 is 9.84 Å². The van der Waals surface area contributed by atoms with Gasteiger partial charge in [0.15, 0.2) is 6.29 Å². The highest BCUT2D eigenvalue weighted by Gasteiger charge is 1.84. The summed E-state index contributed by atoms with van der Waals surface area (Å²) in [5, 5.41) is 8.51. The van der Waals surface area contributed by atoms with E-state index in [1.165, 1.54) is 6.26 Å². The van der Waals surface area contributed by atoms with Crippen molar-refractivity contribution in [2.45, 2.75) is 26.6 Å². The third-order valence-corrected chi connectivity index (χ3v) is 0.607. The maximum absolute atomic E-state index is 8.51. The summed E-state index contributed by atoms with van der Waals surface area (Å²) in [4.78, 5) is 0. The summed E-state index contributed by atoms with van der Waals surface area (Å²) in [6.07, 6.45) is 3.60. The van der Waals surface area contributed by atoms with Gasteiger partial charge in [-0.05, 0) is 19.4 Å². The predicted molar refractivity (Wildman–Crippen MR) is 32.2 cm³/mol. The average molecular weight is 116 g/mol. The van der Waals surface area contributed by atoms with E-state index in [0.717, 1.165) is 6.42 Å². The Morgan fingerprint density at radius 2 is 2.38 bits per heavy atom. The molecule has 1 unspecified atom stereocenters. The van der Waals surface area contributed by atoms with Gasteiger partial charge in [-0.25, -0.2) is 0 Å². The number of aliphatic hydroxyl groups is 1. The van der Waals surface area contributed by atoms with Crippen LogP contribution in [0.3, 0.4) is 0 Å². The van der Waals surface area contributed by atoms with Gasteiger partial charge >= 0.3 is 0 Å². The predicted octanol–water partition coefficient (Wildman–Crippen LogP) is 1.26. The minimum absolute atomic E-state index is 0.683. The molecular formula is C6H12O2. The molecule has 0 aromatic carbocycles. The van der Waals surface area contributed by atoms with E-state index in [9.17, 15) is 0 Å². The number of ether oxygens (including phenoxy) is 1. The molecule has 0 aromatic rings. The molecule has 0 aromatic heterocycles. The highest BCUT2D eigenvalue weighted by Crippen LogP contribution is 1.86. The summed E-state index contributed by atoms with van der Waals surface area (Å²) in [5.74, 6) is 0. The molecule has 0 saturated carbocycles. The summed E-state index contributed by atoms with van der Waals surface area (Å²) in [5.41, 5.74) is 0. The third-order valence-electron chi connectivity index (χ3n) is 0.607. The summed E-state index contributed by atoms with van der Waals surface area (Å²) in [7, 11) is 0. The minimum atomic E-state index is -0.683. The maximum atomic E-state index is 8.51. The first kappa shape index (κ1) is 7.50. The average Bonchev–Trinajstić information content (AvgIpc) is 1.66. The van der Waals surface area contributed by atoms with E-state index < -0.39 is 6.29 Å². The highest BCUT2D eigenvalue weighted by atomic mass is 16.6. The first-order chi connectivity index (χ1) is 3.77. The van der Waals surface area contributed by atoms with Gasteiger partial charge in [0.05, 0.1) is 6.26 Å². The number of rotatable bonds is 3. The van der Waals surface area contributed by atoms with E-state index in [0.29, 0.717) is 0 Å². The van der Waals surface area contributed by atoms with Crippen LogP contribution in [0, 0.1) is 0 Å². The Balaban J connectivity index is 3.03. The highest BCUT2D eigenvalue weighted by molar-refractivity contribution is 4.70. The summed E-state index contributed by atoms with van der Waals surface area (Å²) in [6, 6.07) is 0. The molecule has 0 heterocycles. The van der Waals surface area contributed by atoms with Crippen LogP contribution in [-0.2, 0) is 4.74 Å². The van der Waals surface area contributed by atoms with Crippen LogP contribution in [0.2, 0.25) is 0 Å². The molecule has 0 bridgehead atoms. The van der Waals surface area contributed by atoms with Crippen molar-refractivity contribution in [1.29, 1.82) is 0 Å². The molecule has 0 radical (unpaired) electrons. The van der Waals surface area contributed by atoms with Crippen molar-refractivity contribution in [3.8, 4) is 0 Å². The van der Waals surface area contributed by atoms with Crippen molar-refractivity contribution in [2.75, 3.05) is 0 Å². The molecule has 0 saturated heterocycles. The number of hydrogen-bond acceptors (Lipinski definition) is 2. The van der Waals surface area contributed by atoms with E-state index >= 15 is 0 Å². The molecule has 2 nitrogen and oxygen atoms in total. The zero-order valence-electron chi connectivity index (χ0n) is 5.29. The van der Waals surface area contributed by atoms with Crippen LogP contribution in [0.15, 0.2) is 12.3 Å². The minimum Gasteiger partial charge on any atom is -0.473 e.